The number of carbonyl (C=O) groups is 2. The fourth-order valence-electron chi connectivity index (χ4n) is 2.81. The van der Waals surface area contributed by atoms with Crippen LogP contribution in [-0.2, 0) is 16.1 Å². The molecule has 1 saturated carbocycles. The van der Waals surface area contributed by atoms with E-state index in [1.54, 1.807) is 0 Å². The number of hydrogen-bond donors (Lipinski definition) is 3. The molecule has 0 amide bonds. The van der Waals surface area contributed by atoms with Crippen molar-refractivity contribution >= 4 is 11.9 Å². The molecule has 1 aliphatic rings. The van der Waals surface area contributed by atoms with Crippen LogP contribution in [0.15, 0.2) is 34.9 Å². The van der Waals surface area contributed by atoms with E-state index in [0.29, 0.717) is 18.3 Å². The molecule has 2 aromatic rings. The van der Waals surface area contributed by atoms with Gasteiger partial charge in [-0.05, 0) is 25.3 Å². The van der Waals surface area contributed by atoms with Crippen LogP contribution in [0.5, 0.6) is 0 Å². The molecule has 0 atom stereocenters. The summed E-state index contributed by atoms with van der Waals surface area (Å²) in [5.74, 6) is -1.50. The summed E-state index contributed by atoms with van der Waals surface area (Å²) in [4.78, 5) is 22.6. The number of nitrogens with one attached hydrogen (secondary N) is 1. The van der Waals surface area contributed by atoms with Gasteiger partial charge in [0.25, 0.3) is 0 Å². The van der Waals surface area contributed by atoms with Crippen LogP contribution >= 0.6 is 0 Å². The van der Waals surface area contributed by atoms with Crippen molar-refractivity contribution in [3.63, 3.8) is 0 Å². The van der Waals surface area contributed by atoms with E-state index in [-0.39, 0.29) is 0 Å². The first-order valence-electron chi connectivity index (χ1n) is 8.61. The first kappa shape index (κ1) is 19.6. The summed E-state index contributed by atoms with van der Waals surface area (Å²) in [5.41, 5.74) is 0.995. The third-order valence-electron chi connectivity index (χ3n) is 4.12. The molecule has 8 heteroatoms. The lowest BCUT2D eigenvalue weighted by atomic mass is 9.89. The van der Waals surface area contributed by atoms with E-state index >= 15 is 0 Å². The molecule has 1 aromatic carbocycles. The van der Waals surface area contributed by atoms with E-state index in [1.165, 1.54) is 32.1 Å². The molecular weight excluding hydrogens is 338 g/mol. The Labute approximate surface area is 151 Å². The Balaban J connectivity index is 0.000000352. The highest BCUT2D eigenvalue weighted by Crippen LogP contribution is 2.22. The van der Waals surface area contributed by atoms with Gasteiger partial charge in [0.05, 0.1) is 6.54 Å². The second kappa shape index (κ2) is 10.3. The summed E-state index contributed by atoms with van der Waals surface area (Å²) in [6, 6.07) is 9.92. The van der Waals surface area contributed by atoms with Crippen LogP contribution in [0.4, 0.5) is 0 Å². The maximum atomic E-state index is 9.10. The second-order valence-corrected chi connectivity index (χ2v) is 6.12. The van der Waals surface area contributed by atoms with Crippen LogP contribution in [-0.4, -0.2) is 38.8 Å². The van der Waals surface area contributed by atoms with E-state index in [0.717, 1.165) is 18.0 Å². The van der Waals surface area contributed by atoms with Gasteiger partial charge < -0.3 is 20.1 Å². The minimum absolute atomic E-state index is 0.663. The van der Waals surface area contributed by atoms with Crippen molar-refractivity contribution in [2.75, 3.05) is 6.54 Å². The van der Waals surface area contributed by atoms with Crippen molar-refractivity contribution in [2.45, 2.75) is 38.6 Å². The largest absolute Gasteiger partial charge is 0.473 e. The molecule has 8 nitrogen and oxygen atoms in total. The Bertz CT molecular complexity index is 684. The Hall–Kier alpha value is -2.74. The maximum absolute atomic E-state index is 9.10. The lowest BCUT2D eigenvalue weighted by Crippen LogP contribution is -2.24. The Morgan fingerprint density at radius 3 is 2.35 bits per heavy atom. The minimum Gasteiger partial charge on any atom is -0.473 e. The Morgan fingerprint density at radius 1 is 1.08 bits per heavy atom. The average molecular weight is 361 g/mol. The Kier molecular flexibility index (Phi) is 7.75. The molecule has 0 unspecified atom stereocenters. The number of nitrogens with zero attached hydrogens (tertiary/aromatic N) is 2. The zero-order valence-electron chi connectivity index (χ0n) is 14.4. The highest BCUT2D eigenvalue weighted by molar-refractivity contribution is 6.27. The topological polar surface area (TPSA) is 126 Å². The highest BCUT2D eigenvalue weighted by atomic mass is 16.5. The SMILES string of the molecule is O=C(O)C(=O)O.c1ccc(-c2noc(CNCC3CCCCC3)n2)cc1. The lowest BCUT2D eigenvalue weighted by Gasteiger charge is -2.21. The van der Waals surface area contributed by atoms with Gasteiger partial charge in [0.2, 0.25) is 11.7 Å². The van der Waals surface area contributed by atoms with E-state index in [9.17, 15) is 0 Å². The molecule has 1 fully saturated rings. The minimum atomic E-state index is -1.82. The molecule has 3 N–H and O–H groups in total. The quantitative estimate of drug-likeness (QED) is 0.694. The molecule has 140 valence electrons. The molecule has 3 rings (SSSR count). The zero-order valence-corrected chi connectivity index (χ0v) is 14.4. The van der Waals surface area contributed by atoms with Crippen LogP contribution in [0.3, 0.4) is 0 Å². The number of aliphatic carboxylic acids is 2. The van der Waals surface area contributed by atoms with Gasteiger partial charge >= 0.3 is 11.9 Å². The molecule has 1 aromatic heterocycles. The lowest BCUT2D eigenvalue weighted by molar-refractivity contribution is -0.159. The van der Waals surface area contributed by atoms with E-state index in [4.69, 9.17) is 24.3 Å². The van der Waals surface area contributed by atoms with E-state index in [1.807, 2.05) is 30.3 Å². The molecule has 26 heavy (non-hydrogen) atoms. The first-order chi connectivity index (χ1) is 12.6. The van der Waals surface area contributed by atoms with Crippen LogP contribution < -0.4 is 5.32 Å². The van der Waals surface area contributed by atoms with E-state index < -0.39 is 11.9 Å². The summed E-state index contributed by atoms with van der Waals surface area (Å²) < 4.78 is 5.28. The third kappa shape index (κ3) is 6.64. The van der Waals surface area contributed by atoms with Crippen molar-refractivity contribution in [2.24, 2.45) is 5.92 Å². The maximum Gasteiger partial charge on any atom is 0.414 e. The fourth-order valence-corrected chi connectivity index (χ4v) is 2.81. The summed E-state index contributed by atoms with van der Waals surface area (Å²) >= 11 is 0. The van der Waals surface area contributed by atoms with Crippen molar-refractivity contribution < 1.29 is 24.3 Å². The van der Waals surface area contributed by atoms with Crippen molar-refractivity contribution in [3.05, 3.63) is 36.2 Å². The third-order valence-corrected chi connectivity index (χ3v) is 4.12. The standard InChI is InChI=1S/C16H21N3O.C2H2O4/c1-3-7-13(8-4-1)11-17-12-15-18-16(19-20-15)14-9-5-2-6-10-14;3-1(4)2(5)6/h2,5-6,9-10,13,17H,1,3-4,7-8,11-12H2;(H,3,4)(H,5,6). The molecular formula is C18H23N3O5. The van der Waals surface area contributed by atoms with Gasteiger partial charge in [-0.3, -0.25) is 0 Å². The Morgan fingerprint density at radius 2 is 1.73 bits per heavy atom. The van der Waals surface area contributed by atoms with Gasteiger partial charge in [0.15, 0.2) is 0 Å². The highest BCUT2D eigenvalue weighted by Gasteiger charge is 2.13. The first-order valence-corrected chi connectivity index (χ1v) is 8.61. The van der Waals surface area contributed by atoms with Gasteiger partial charge in [0.1, 0.15) is 0 Å². The van der Waals surface area contributed by atoms with Crippen LogP contribution in [0.2, 0.25) is 0 Å². The molecule has 1 heterocycles. The molecule has 0 saturated heterocycles. The van der Waals surface area contributed by atoms with Gasteiger partial charge in [-0.15, -0.1) is 0 Å². The van der Waals surface area contributed by atoms with E-state index in [2.05, 4.69) is 15.5 Å². The monoisotopic (exact) mass is 361 g/mol. The van der Waals surface area contributed by atoms with Gasteiger partial charge in [-0.1, -0.05) is 54.8 Å². The number of rotatable bonds is 5. The number of carboxylic acid groups (broad SMARTS) is 2. The number of carboxylic acids is 2. The predicted molar refractivity (Wildman–Crippen MR) is 93.3 cm³/mol. The van der Waals surface area contributed by atoms with Crippen molar-refractivity contribution in [1.29, 1.82) is 0 Å². The number of benzene rings is 1. The summed E-state index contributed by atoms with van der Waals surface area (Å²) in [6.45, 7) is 1.72. The zero-order chi connectivity index (χ0) is 18.8. The fraction of sp³-hybridized carbons (Fsp3) is 0.444. The second-order valence-electron chi connectivity index (χ2n) is 6.12. The summed E-state index contributed by atoms with van der Waals surface area (Å²) in [5, 5.41) is 22.2. The summed E-state index contributed by atoms with van der Waals surface area (Å²) in [7, 11) is 0. The molecule has 0 aliphatic heterocycles. The number of hydrogen-bond acceptors (Lipinski definition) is 6. The van der Waals surface area contributed by atoms with Gasteiger partial charge in [-0.25, -0.2) is 9.59 Å². The average Bonchev–Trinajstić information content (AvgIpc) is 3.13. The summed E-state index contributed by atoms with van der Waals surface area (Å²) in [6.07, 6.45) is 6.87. The molecule has 0 bridgehead atoms. The van der Waals surface area contributed by atoms with Crippen molar-refractivity contribution in [3.8, 4) is 11.4 Å². The van der Waals surface area contributed by atoms with Crippen LogP contribution in [0.25, 0.3) is 11.4 Å². The van der Waals surface area contributed by atoms with Gasteiger partial charge in [0, 0.05) is 5.56 Å². The molecule has 1 aliphatic carbocycles. The van der Waals surface area contributed by atoms with Gasteiger partial charge in [-0.2, -0.15) is 4.98 Å². The molecule has 0 radical (unpaired) electrons. The van der Waals surface area contributed by atoms with Crippen LogP contribution in [0, 0.1) is 5.92 Å². The van der Waals surface area contributed by atoms with Crippen LogP contribution in [0.1, 0.15) is 38.0 Å². The van der Waals surface area contributed by atoms with Crippen molar-refractivity contribution in [1.82, 2.24) is 15.5 Å². The number of aromatic nitrogens is 2. The smallest absolute Gasteiger partial charge is 0.414 e. The molecule has 0 spiro atoms. The normalized spacial score (nSPS) is 14.3. The predicted octanol–water partition coefficient (Wildman–Crippen LogP) is 2.56.